The predicted molar refractivity (Wildman–Crippen MR) is 230 cm³/mol. The van der Waals surface area contributed by atoms with E-state index >= 15 is 0 Å². The molecule has 3 aromatic heterocycles. The molecule has 0 unspecified atom stereocenters. The van der Waals surface area contributed by atoms with E-state index in [9.17, 15) is 0 Å². The molecule has 12 aromatic rings. The van der Waals surface area contributed by atoms with Crippen LogP contribution in [-0.2, 0) is 0 Å². The van der Waals surface area contributed by atoms with Gasteiger partial charge in [-0.05, 0) is 51.9 Å². The molecule has 0 saturated carbocycles. The van der Waals surface area contributed by atoms with Crippen LogP contribution in [0.25, 0.3) is 116 Å². The van der Waals surface area contributed by atoms with Crippen molar-refractivity contribution in [1.29, 1.82) is 0 Å². The molecule has 260 valence electrons. The molecule has 56 heavy (non-hydrogen) atoms. The monoisotopic (exact) mass is 714 g/mol. The predicted octanol–water partition coefficient (Wildman–Crippen LogP) is 13.3. The number of furan rings is 1. The number of hydrogen-bond donors (Lipinski definition) is 0. The normalized spacial score (nSPS) is 11.9. The van der Waals surface area contributed by atoms with Crippen molar-refractivity contribution in [2.24, 2.45) is 0 Å². The van der Waals surface area contributed by atoms with E-state index in [4.69, 9.17) is 19.4 Å². The maximum Gasteiger partial charge on any atom is 0.167 e. The van der Waals surface area contributed by atoms with Gasteiger partial charge in [-0.1, -0.05) is 152 Å². The molecule has 0 aliphatic carbocycles. The summed E-state index contributed by atoms with van der Waals surface area (Å²) in [5.41, 5.74) is 7.70. The van der Waals surface area contributed by atoms with Crippen molar-refractivity contribution < 1.29 is 4.42 Å². The van der Waals surface area contributed by atoms with E-state index in [1.54, 1.807) is 0 Å². The molecule has 5 heteroatoms. The molecule has 9 aromatic carbocycles. The van der Waals surface area contributed by atoms with Crippen LogP contribution in [0.5, 0.6) is 0 Å². The molecular formula is C51H30N4O. The molecular weight excluding hydrogens is 685 g/mol. The van der Waals surface area contributed by atoms with Gasteiger partial charge in [0.1, 0.15) is 11.2 Å². The zero-order valence-corrected chi connectivity index (χ0v) is 30.0. The first-order valence-corrected chi connectivity index (χ1v) is 18.9. The summed E-state index contributed by atoms with van der Waals surface area (Å²) in [7, 11) is 0. The van der Waals surface area contributed by atoms with Crippen LogP contribution >= 0.6 is 0 Å². The summed E-state index contributed by atoms with van der Waals surface area (Å²) in [6.45, 7) is 0. The van der Waals surface area contributed by atoms with Gasteiger partial charge in [0.15, 0.2) is 17.5 Å². The fourth-order valence-corrected chi connectivity index (χ4v) is 8.63. The quantitative estimate of drug-likeness (QED) is 0.182. The smallest absolute Gasteiger partial charge is 0.167 e. The standard InChI is InChI=1S/C51H30N4O/c1-2-15-32(16-3-1)49-52-50(40-25-12-19-31-14-6-7-20-35(31)40)54-51(53-49)41-26-13-24-39-43-30-46(36-21-8-9-23-38(36)48(43)56-47(39)41)55-44-27-11-10-22-37(44)42-28-33-17-4-5-18-34(33)29-45(42)55/h1-30H. The summed E-state index contributed by atoms with van der Waals surface area (Å²) in [5, 5.41) is 11.3. The summed E-state index contributed by atoms with van der Waals surface area (Å²) in [6.07, 6.45) is 0. The Labute approximate surface area is 320 Å². The Morgan fingerprint density at radius 2 is 0.911 bits per heavy atom. The Hall–Kier alpha value is -7.63. The Morgan fingerprint density at radius 3 is 1.75 bits per heavy atom. The van der Waals surface area contributed by atoms with Crippen molar-refractivity contribution in [3.63, 3.8) is 0 Å². The van der Waals surface area contributed by atoms with Crippen LogP contribution in [0.4, 0.5) is 0 Å². The van der Waals surface area contributed by atoms with Crippen LogP contribution in [0.3, 0.4) is 0 Å². The maximum absolute atomic E-state index is 7.01. The molecule has 0 spiro atoms. The summed E-state index contributed by atoms with van der Waals surface area (Å²) < 4.78 is 9.43. The van der Waals surface area contributed by atoms with Crippen molar-refractivity contribution in [1.82, 2.24) is 19.5 Å². The summed E-state index contributed by atoms with van der Waals surface area (Å²) in [5.74, 6) is 1.79. The summed E-state index contributed by atoms with van der Waals surface area (Å²) >= 11 is 0. The van der Waals surface area contributed by atoms with Gasteiger partial charge in [-0.15, -0.1) is 0 Å². The minimum atomic E-state index is 0.560. The van der Waals surface area contributed by atoms with E-state index in [2.05, 4.69) is 156 Å². The fourth-order valence-electron chi connectivity index (χ4n) is 8.63. The lowest BCUT2D eigenvalue weighted by atomic mass is 10.0. The van der Waals surface area contributed by atoms with Gasteiger partial charge >= 0.3 is 0 Å². The largest absolute Gasteiger partial charge is 0.455 e. The van der Waals surface area contributed by atoms with Crippen LogP contribution in [0.15, 0.2) is 186 Å². The van der Waals surface area contributed by atoms with E-state index in [1.807, 2.05) is 30.3 Å². The Balaban J connectivity index is 1.14. The zero-order chi connectivity index (χ0) is 36.7. The molecule has 0 fully saturated rings. The van der Waals surface area contributed by atoms with Gasteiger partial charge in [-0.2, -0.15) is 0 Å². The molecule has 0 N–H and O–H groups in total. The lowest BCUT2D eigenvalue weighted by Crippen LogP contribution is -2.00. The van der Waals surface area contributed by atoms with Crippen molar-refractivity contribution in [3.8, 4) is 39.9 Å². The van der Waals surface area contributed by atoms with Gasteiger partial charge in [0.2, 0.25) is 0 Å². The van der Waals surface area contributed by atoms with Crippen molar-refractivity contribution in [3.05, 3.63) is 182 Å². The second-order valence-corrected chi connectivity index (χ2v) is 14.4. The molecule has 3 heterocycles. The minimum absolute atomic E-state index is 0.560. The van der Waals surface area contributed by atoms with Crippen LogP contribution in [-0.4, -0.2) is 19.5 Å². The van der Waals surface area contributed by atoms with Crippen molar-refractivity contribution >= 4 is 76.1 Å². The molecule has 0 aliphatic heterocycles. The van der Waals surface area contributed by atoms with E-state index in [0.717, 1.165) is 71.4 Å². The number of fused-ring (bicyclic) bond motifs is 10. The number of rotatable bonds is 4. The lowest BCUT2D eigenvalue weighted by Gasteiger charge is -2.13. The van der Waals surface area contributed by atoms with Gasteiger partial charge in [0.25, 0.3) is 0 Å². The van der Waals surface area contributed by atoms with E-state index < -0.39 is 0 Å². The maximum atomic E-state index is 7.01. The minimum Gasteiger partial charge on any atom is -0.455 e. The first-order chi connectivity index (χ1) is 27.8. The third kappa shape index (κ3) is 4.58. The highest BCUT2D eigenvalue weighted by molar-refractivity contribution is 6.21. The average Bonchev–Trinajstić information content (AvgIpc) is 3.80. The first kappa shape index (κ1) is 30.8. The third-order valence-electron chi connectivity index (χ3n) is 11.2. The number of nitrogens with zero attached hydrogens (tertiary/aromatic N) is 4. The Kier molecular flexibility index (Phi) is 6.56. The second-order valence-electron chi connectivity index (χ2n) is 14.4. The average molecular weight is 715 g/mol. The summed E-state index contributed by atoms with van der Waals surface area (Å²) in [4.78, 5) is 15.4. The number of aromatic nitrogens is 4. The van der Waals surface area contributed by atoms with E-state index in [1.165, 1.54) is 27.1 Å². The van der Waals surface area contributed by atoms with Crippen LogP contribution < -0.4 is 0 Å². The molecule has 0 saturated heterocycles. The van der Waals surface area contributed by atoms with Crippen LogP contribution in [0.2, 0.25) is 0 Å². The van der Waals surface area contributed by atoms with Crippen LogP contribution in [0, 0.1) is 0 Å². The molecule has 5 nitrogen and oxygen atoms in total. The highest BCUT2D eigenvalue weighted by Crippen LogP contribution is 2.43. The molecule has 12 rings (SSSR count). The highest BCUT2D eigenvalue weighted by Gasteiger charge is 2.22. The van der Waals surface area contributed by atoms with Gasteiger partial charge < -0.3 is 8.98 Å². The lowest BCUT2D eigenvalue weighted by molar-refractivity contribution is 0.673. The zero-order valence-electron chi connectivity index (χ0n) is 30.0. The third-order valence-corrected chi connectivity index (χ3v) is 11.2. The topological polar surface area (TPSA) is 56.7 Å². The highest BCUT2D eigenvalue weighted by atomic mass is 16.3. The van der Waals surface area contributed by atoms with E-state index in [0.29, 0.717) is 17.5 Å². The SMILES string of the molecule is c1ccc(-c2nc(-c3cccc4ccccc34)nc(-c3cccc4c3oc3c5ccccc5c(-n5c6ccccc6c6cc7ccccc7cc65)cc43)n2)cc1. The van der Waals surface area contributed by atoms with Gasteiger partial charge in [-0.25, -0.2) is 15.0 Å². The Bertz CT molecular complexity index is 3540. The molecule has 0 atom stereocenters. The molecule has 0 radical (unpaired) electrons. The Morgan fingerprint density at radius 1 is 0.339 bits per heavy atom. The van der Waals surface area contributed by atoms with Crippen LogP contribution in [0.1, 0.15) is 0 Å². The van der Waals surface area contributed by atoms with Crippen molar-refractivity contribution in [2.45, 2.75) is 0 Å². The fraction of sp³-hybridized carbons (Fsp3) is 0. The molecule has 0 amide bonds. The second kappa shape index (κ2) is 11.9. The van der Waals surface area contributed by atoms with Crippen molar-refractivity contribution in [2.75, 3.05) is 0 Å². The number of para-hydroxylation sites is 2. The van der Waals surface area contributed by atoms with Gasteiger partial charge in [0, 0.05) is 43.4 Å². The van der Waals surface area contributed by atoms with Gasteiger partial charge in [-0.3, -0.25) is 0 Å². The van der Waals surface area contributed by atoms with E-state index in [-0.39, 0.29) is 0 Å². The molecule has 0 bridgehead atoms. The van der Waals surface area contributed by atoms with Gasteiger partial charge in [0.05, 0.1) is 22.3 Å². The summed E-state index contributed by atoms with van der Waals surface area (Å²) in [6, 6.07) is 63.9. The first-order valence-electron chi connectivity index (χ1n) is 18.9. The number of benzene rings is 9. The number of hydrogen-bond acceptors (Lipinski definition) is 4. The molecule has 0 aliphatic rings.